The molecule has 0 bridgehead atoms. The minimum atomic E-state index is -0.663. The zero-order valence-electron chi connectivity index (χ0n) is 13.6. The fourth-order valence-corrected chi connectivity index (χ4v) is 4.08. The van der Waals surface area contributed by atoms with Crippen LogP contribution in [0.4, 0.5) is 0 Å². The largest absolute Gasteiger partial charge is 0.459 e. The van der Waals surface area contributed by atoms with Crippen LogP contribution in [0.2, 0.25) is 0 Å². The lowest BCUT2D eigenvalue weighted by molar-refractivity contribution is -0.257. The van der Waals surface area contributed by atoms with Gasteiger partial charge in [-0.2, -0.15) is 0 Å². The summed E-state index contributed by atoms with van der Waals surface area (Å²) < 4.78 is 35.1. The molecular weight excluding hydrogens is 304 g/mol. The van der Waals surface area contributed by atoms with Crippen molar-refractivity contribution in [2.24, 2.45) is 0 Å². The van der Waals surface area contributed by atoms with E-state index in [1.165, 1.54) is 6.42 Å². The van der Waals surface area contributed by atoms with Crippen molar-refractivity contribution in [3.05, 3.63) is 0 Å². The molecule has 0 amide bonds. The van der Waals surface area contributed by atoms with Gasteiger partial charge in [-0.3, -0.25) is 4.79 Å². The van der Waals surface area contributed by atoms with Crippen LogP contribution in [0.5, 0.6) is 0 Å². The highest BCUT2D eigenvalue weighted by atomic mass is 16.9. The molecule has 23 heavy (non-hydrogen) atoms. The van der Waals surface area contributed by atoms with Gasteiger partial charge < -0.3 is 28.4 Å². The Kier molecular flexibility index (Phi) is 3.89. The summed E-state index contributed by atoms with van der Waals surface area (Å²) in [6.07, 6.45) is 2.85. The Morgan fingerprint density at radius 3 is 2.48 bits per heavy atom. The van der Waals surface area contributed by atoms with Crippen molar-refractivity contribution in [2.45, 2.75) is 88.2 Å². The lowest BCUT2D eigenvalue weighted by Gasteiger charge is -2.34. The van der Waals surface area contributed by atoms with Crippen molar-refractivity contribution in [1.29, 1.82) is 0 Å². The van der Waals surface area contributed by atoms with E-state index in [1.54, 1.807) is 0 Å². The highest BCUT2D eigenvalue weighted by Gasteiger charge is 2.61. The van der Waals surface area contributed by atoms with Gasteiger partial charge in [0.15, 0.2) is 30.1 Å². The van der Waals surface area contributed by atoms with E-state index in [-0.39, 0.29) is 6.10 Å². The minimum absolute atomic E-state index is 0.310. The van der Waals surface area contributed by atoms with Gasteiger partial charge in [-0.25, -0.2) is 0 Å². The average molecular weight is 328 g/mol. The van der Waals surface area contributed by atoms with Crippen molar-refractivity contribution in [2.75, 3.05) is 6.61 Å². The molecule has 3 heterocycles. The fourth-order valence-electron chi connectivity index (χ4n) is 4.08. The van der Waals surface area contributed by atoms with Gasteiger partial charge in [-0.05, 0) is 26.7 Å². The van der Waals surface area contributed by atoms with Gasteiger partial charge in [-0.1, -0.05) is 6.42 Å². The highest BCUT2D eigenvalue weighted by Crippen LogP contribution is 2.47. The summed E-state index contributed by atoms with van der Waals surface area (Å²) in [5.41, 5.74) is 0. The Balaban J connectivity index is 1.49. The Morgan fingerprint density at radius 2 is 1.83 bits per heavy atom. The van der Waals surface area contributed by atoms with E-state index in [9.17, 15) is 4.79 Å². The molecule has 0 unspecified atom stereocenters. The first-order valence-corrected chi connectivity index (χ1v) is 8.44. The van der Waals surface area contributed by atoms with Crippen molar-refractivity contribution in [3.8, 4) is 0 Å². The molecule has 130 valence electrons. The number of rotatable bonds is 3. The van der Waals surface area contributed by atoms with Gasteiger partial charge in [0.25, 0.3) is 6.47 Å². The van der Waals surface area contributed by atoms with Gasteiger partial charge in [0.1, 0.15) is 12.2 Å². The summed E-state index contributed by atoms with van der Waals surface area (Å²) in [6.45, 7) is 4.53. The first-order chi connectivity index (χ1) is 11.0. The van der Waals surface area contributed by atoms with Crippen LogP contribution in [0.1, 0.15) is 46.0 Å². The molecule has 1 aliphatic carbocycles. The van der Waals surface area contributed by atoms with Crippen LogP contribution in [0, 0.1) is 0 Å². The molecule has 0 aromatic heterocycles. The van der Waals surface area contributed by atoms with Gasteiger partial charge in [-0.15, -0.1) is 0 Å². The molecule has 7 heteroatoms. The quantitative estimate of drug-likeness (QED) is 0.727. The smallest absolute Gasteiger partial charge is 0.293 e. The zero-order chi connectivity index (χ0) is 16.1. The second kappa shape index (κ2) is 5.67. The van der Waals surface area contributed by atoms with Crippen LogP contribution in [0.15, 0.2) is 0 Å². The summed E-state index contributed by atoms with van der Waals surface area (Å²) in [4.78, 5) is 11.0. The first-order valence-electron chi connectivity index (χ1n) is 8.44. The first kappa shape index (κ1) is 15.8. The van der Waals surface area contributed by atoms with Crippen LogP contribution in [-0.2, 0) is 33.2 Å². The van der Waals surface area contributed by atoms with E-state index in [0.29, 0.717) is 13.1 Å². The maximum Gasteiger partial charge on any atom is 0.293 e. The van der Waals surface area contributed by atoms with Crippen molar-refractivity contribution in [1.82, 2.24) is 0 Å². The van der Waals surface area contributed by atoms with E-state index in [2.05, 4.69) is 0 Å². The average Bonchev–Trinajstić information content (AvgIpc) is 3.13. The van der Waals surface area contributed by atoms with Gasteiger partial charge >= 0.3 is 0 Å². The van der Waals surface area contributed by atoms with E-state index in [1.807, 2.05) is 13.8 Å². The van der Waals surface area contributed by atoms with Crippen molar-refractivity contribution >= 4 is 6.47 Å². The van der Waals surface area contributed by atoms with Crippen LogP contribution < -0.4 is 0 Å². The van der Waals surface area contributed by atoms with Crippen molar-refractivity contribution in [3.63, 3.8) is 0 Å². The van der Waals surface area contributed by atoms with E-state index >= 15 is 0 Å². The Morgan fingerprint density at radius 1 is 1.04 bits per heavy atom. The van der Waals surface area contributed by atoms with Crippen LogP contribution >= 0.6 is 0 Å². The topological polar surface area (TPSA) is 72.5 Å². The summed E-state index contributed by atoms with van der Waals surface area (Å²) in [5.74, 6) is -1.24. The van der Waals surface area contributed by atoms with Gasteiger partial charge in [0.05, 0.1) is 6.61 Å². The molecule has 4 rings (SSSR count). The molecular formula is C16H24O7. The Hall–Kier alpha value is -0.730. The molecule has 7 nitrogen and oxygen atoms in total. The third-order valence-corrected chi connectivity index (χ3v) is 5.11. The number of ether oxygens (including phenoxy) is 6. The van der Waals surface area contributed by atoms with Crippen LogP contribution in [-0.4, -0.2) is 55.4 Å². The molecule has 4 aliphatic rings. The maximum absolute atomic E-state index is 11.0. The summed E-state index contributed by atoms with van der Waals surface area (Å²) >= 11 is 0. The molecule has 0 aromatic carbocycles. The summed E-state index contributed by atoms with van der Waals surface area (Å²) in [7, 11) is 0. The molecule has 1 spiro atoms. The molecule has 0 N–H and O–H groups in total. The van der Waals surface area contributed by atoms with Crippen LogP contribution in [0.3, 0.4) is 0 Å². The number of carbonyl (C=O) groups is 1. The third-order valence-electron chi connectivity index (χ3n) is 5.11. The van der Waals surface area contributed by atoms with Gasteiger partial charge in [0.2, 0.25) is 0 Å². The Labute approximate surface area is 135 Å². The van der Waals surface area contributed by atoms with Crippen molar-refractivity contribution < 1.29 is 33.2 Å². The second-order valence-corrected chi connectivity index (χ2v) is 7.20. The fraction of sp³-hybridized carbons (Fsp3) is 0.938. The molecule has 0 radical (unpaired) electrons. The minimum Gasteiger partial charge on any atom is -0.459 e. The molecule has 5 atom stereocenters. The third kappa shape index (κ3) is 2.78. The number of hydrogen-bond donors (Lipinski definition) is 0. The highest BCUT2D eigenvalue weighted by molar-refractivity contribution is 5.38. The van der Waals surface area contributed by atoms with E-state index in [0.717, 1.165) is 25.7 Å². The van der Waals surface area contributed by atoms with Gasteiger partial charge in [0, 0.05) is 12.8 Å². The van der Waals surface area contributed by atoms with Crippen LogP contribution in [0.25, 0.3) is 0 Å². The van der Waals surface area contributed by atoms with E-state index in [4.69, 9.17) is 28.4 Å². The lowest BCUT2D eigenvalue weighted by atomic mass is 9.94. The van der Waals surface area contributed by atoms with E-state index < -0.39 is 36.2 Å². The molecule has 4 fully saturated rings. The standard InChI is InChI=1S/C16H24O7/c1-15(2)19-8-10(21-15)11-12(18-9-17)13-14(20-11)23-16(22-13)6-4-3-5-7-16/h9-14H,3-8H2,1-2H3/t10-,11-,12+,13-,14-/m1/s1. The number of fused-ring (bicyclic) bond motifs is 1. The molecule has 1 saturated carbocycles. The number of carbonyl (C=O) groups excluding carboxylic acids is 1. The zero-order valence-corrected chi connectivity index (χ0v) is 13.6. The predicted molar refractivity (Wildman–Crippen MR) is 76.3 cm³/mol. The SMILES string of the molecule is CC1(C)OC[C@H]([C@H]2O[C@@H]3OC4(CCCCC4)O[C@@H]3[C@H]2OC=O)O1. The normalized spacial score (nSPS) is 44.3. The monoisotopic (exact) mass is 328 g/mol. The number of hydrogen-bond acceptors (Lipinski definition) is 7. The second-order valence-electron chi connectivity index (χ2n) is 7.20. The molecule has 3 aliphatic heterocycles. The lowest BCUT2D eigenvalue weighted by Crippen LogP contribution is -2.45. The predicted octanol–water partition coefficient (Wildman–Crippen LogP) is 1.48. The summed E-state index contributed by atoms with van der Waals surface area (Å²) in [5, 5.41) is 0. The summed E-state index contributed by atoms with van der Waals surface area (Å²) in [6, 6.07) is 0. The molecule has 3 saturated heterocycles. The Bertz CT molecular complexity index is 459. The maximum atomic E-state index is 11.0. The molecule has 0 aromatic rings.